The summed E-state index contributed by atoms with van der Waals surface area (Å²) in [4.78, 5) is 14.8. The number of nitrogens with zero attached hydrogens (tertiary/aromatic N) is 4. The highest BCUT2D eigenvalue weighted by Gasteiger charge is 2.16. The fourth-order valence-corrected chi connectivity index (χ4v) is 3.27. The lowest BCUT2D eigenvalue weighted by Crippen LogP contribution is -2.01. The predicted molar refractivity (Wildman–Crippen MR) is 103 cm³/mol. The van der Waals surface area contributed by atoms with Gasteiger partial charge in [-0.1, -0.05) is 6.07 Å². The van der Waals surface area contributed by atoms with Crippen LogP contribution < -0.4 is 14.9 Å². The Balaban J connectivity index is 1.56. The third-order valence-electron chi connectivity index (χ3n) is 3.83. The molecule has 2 aromatic carbocycles. The first kappa shape index (κ1) is 17.4. The van der Waals surface area contributed by atoms with E-state index >= 15 is 0 Å². The molecule has 0 aliphatic carbocycles. The van der Waals surface area contributed by atoms with Crippen molar-refractivity contribution < 1.29 is 14.4 Å². The fourth-order valence-electron chi connectivity index (χ4n) is 2.50. The number of nitro groups is 1. The number of nitrogens with one attached hydrogen (secondary N) is 1. The third-order valence-corrected chi connectivity index (χ3v) is 4.68. The van der Waals surface area contributed by atoms with Gasteiger partial charge in [0.05, 0.1) is 16.3 Å². The van der Waals surface area contributed by atoms with E-state index in [9.17, 15) is 15.4 Å². The van der Waals surface area contributed by atoms with Gasteiger partial charge in [0.1, 0.15) is 6.07 Å². The maximum Gasteiger partial charge on any atom is 0.271 e. The number of aromatic nitrogens is 1. The summed E-state index contributed by atoms with van der Waals surface area (Å²) < 4.78 is 10.7. The van der Waals surface area contributed by atoms with E-state index in [1.807, 2.05) is 23.6 Å². The predicted octanol–water partition coefficient (Wildman–Crippen LogP) is 3.79. The van der Waals surface area contributed by atoms with Gasteiger partial charge in [0, 0.05) is 23.1 Å². The normalized spacial score (nSPS) is 12.5. The van der Waals surface area contributed by atoms with Crippen molar-refractivity contribution in [3.63, 3.8) is 0 Å². The Morgan fingerprint density at radius 3 is 2.96 bits per heavy atom. The maximum absolute atomic E-state index is 10.8. The van der Waals surface area contributed by atoms with Crippen LogP contribution in [0.5, 0.6) is 11.5 Å². The molecule has 0 bridgehead atoms. The van der Waals surface area contributed by atoms with Crippen molar-refractivity contribution in [3.8, 4) is 28.8 Å². The first-order valence-corrected chi connectivity index (χ1v) is 8.86. The van der Waals surface area contributed by atoms with Gasteiger partial charge in [-0.15, -0.1) is 11.3 Å². The number of non-ortho nitro benzene ring substituents is 1. The average molecular weight is 393 g/mol. The molecule has 10 heteroatoms. The second-order valence-corrected chi connectivity index (χ2v) is 6.46. The highest BCUT2D eigenvalue weighted by Crippen LogP contribution is 2.36. The second-order valence-electron chi connectivity index (χ2n) is 5.60. The van der Waals surface area contributed by atoms with Gasteiger partial charge in [-0.05, 0) is 24.3 Å². The molecule has 0 fully saturated rings. The van der Waals surface area contributed by atoms with Crippen LogP contribution in [0.1, 0.15) is 5.01 Å². The molecule has 1 aromatic heterocycles. The number of hydrogen-bond acceptors (Lipinski definition) is 9. The highest BCUT2D eigenvalue weighted by molar-refractivity contribution is 7.12. The van der Waals surface area contributed by atoms with Gasteiger partial charge < -0.3 is 9.47 Å². The molecule has 0 amide bonds. The Labute approximate surface area is 162 Å². The average Bonchev–Trinajstić information content (AvgIpc) is 3.38. The van der Waals surface area contributed by atoms with Crippen LogP contribution in [0, 0.1) is 21.4 Å². The standard InChI is InChI=1S/C18H11N5O4S/c19-8-14(22-21-12-2-1-3-13(7-12)23(24)25)18-20-15(9-28-18)11-4-5-16-17(6-11)27-10-26-16/h1-7,9,21H,10H2/b22-14-. The summed E-state index contributed by atoms with van der Waals surface area (Å²) in [6.45, 7) is 0.190. The van der Waals surface area contributed by atoms with Gasteiger partial charge in [-0.25, -0.2) is 4.98 Å². The molecule has 3 aromatic rings. The van der Waals surface area contributed by atoms with Crippen LogP contribution in [0.15, 0.2) is 52.9 Å². The summed E-state index contributed by atoms with van der Waals surface area (Å²) in [6, 6.07) is 13.3. The van der Waals surface area contributed by atoms with Crippen LogP contribution in [-0.2, 0) is 0 Å². The maximum atomic E-state index is 10.8. The van der Waals surface area contributed by atoms with Crippen LogP contribution >= 0.6 is 11.3 Å². The highest BCUT2D eigenvalue weighted by atomic mass is 32.1. The van der Waals surface area contributed by atoms with Crippen molar-refractivity contribution in [2.75, 3.05) is 12.2 Å². The number of fused-ring (bicyclic) bond motifs is 1. The molecule has 1 aliphatic heterocycles. The minimum atomic E-state index is -0.501. The van der Waals surface area contributed by atoms with Crippen LogP contribution in [0.4, 0.5) is 11.4 Å². The molecule has 0 radical (unpaired) electrons. The number of nitro benzene ring substituents is 1. The van der Waals surface area contributed by atoms with E-state index < -0.39 is 4.92 Å². The molecule has 0 saturated heterocycles. The molecule has 1 N–H and O–H groups in total. The fraction of sp³-hybridized carbons (Fsp3) is 0.0556. The summed E-state index contributed by atoms with van der Waals surface area (Å²) in [7, 11) is 0. The van der Waals surface area contributed by atoms with Crippen LogP contribution in [0.25, 0.3) is 11.3 Å². The van der Waals surface area contributed by atoms with Gasteiger partial charge in [0.2, 0.25) is 6.79 Å². The summed E-state index contributed by atoms with van der Waals surface area (Å²) in [5.41, 5.74) is 4.57. The lowest BCUT2D eigenvalue weighted by Gasteiger charge is -2.01. The topological polar surface area (TPSA) is 123 Å². The third kappa shape index (κ3) is 3.46. The van der Waals surface area contributed by atoms with Crippen molar-refractivity contribution in [2.45, 2.75) is 0 Å². The lowest BCUT2D eigenvalue weighted by atomic mass is 10.1. The smallest absolute Gasteiger partial charge is 0.271 e. The Morgan fingerprint density at radius 2 is 2.14 bits per heavy atom. The van der Waals surface area contributed by atoms with E-state index in [4.69, 9.17) is 9.47 Å². The van der Waals surface area contributed by atoms with Crippen molar-refractivity contribution in [3.05, 3.63) is 63.0 Å². The summed E-state index contributed by atoms with van der Waals surface area (Å²) in [5.74, 6) is 1.33. The zero-order chi connectivity index (χ0) is 19.5. The quantitative estimate of drug-likeness (QED) is 0.397. The largest absolute Gasteiger partial charge is 0.454 e. The number of hydrazone groups is 1. The monoisotopic (exact) mass is 393 g/mol. The number of rotatable bonds is 5. The van der Waals surface area contributed by atoms with E-state index in [-0.39, 0.29) is 18.2 Å². The van der Waals surface area contributed by atoms with E-state index in [0.717, 1.165) is 5.56 Å². The van der Waals surface area contributed by atoms with Gasteiger partial charge in [-0.3, -0.25) is 15.5 Å². The molecule has 138 valence electrons. The minimum Gasteiger partial charge on any atom is -0.454 e. The van der Waals surface area contributed by atoms with Gasteiger partial charge in [0.25, 0.3) is 5.69 Å². The van der Waals surface area contributed by atoms with Gasteiger partial charge in [0.15, 0.2) is 22.2 Å². The molecule has 1 aliphatic rings. The molecule has 0 unspecified atom stereocenters. The number of thiazole rings is 1. The summed E-state index contributed by atoms with van der Waals surface area (Å²) in [5, 5.41) is 26.5. The molecular weight excluding hydrogens is 382 g/mol. The summed E-state index contributed by atoms with van der Waals surface area (Å²) >= 11 is 1.27. The first-order valence-electron chi connectivity index (χ1n) is 7.98. The van der Waals surface area contributed by atoms with Gasteiger partial charge >= 0.3 is 0 Å². The van der Waals surface area contributed by atoms with Crippen molar-refractivity contribution in [1.29, 1.82) is 5.26 Å². The van der Waals surface area contributed by atoms with E-state index in [0.29, 0.717) is 27.9 Å². The molecule has 4 rings (SSSR count). The van der Waals surface area contributed by atoms with E-state index in [2.05, 4.69) is 15.5 Å². The van der Waals surface area contributed by atoms with Crippen molar-refractivity contribution in [2.24, 2.45) is 5.10 Å². The second kappa shape index (κ2) is 7.34. The number of nitriles is 1. The molecule has 28 heavy (non-hydrogen) atoms. The van der Waals surface area contributed by atoms with Crippen LogP contribution in [-0.4, -0.2) is 22.4 Å². The Kier molecular flexibility index (Phi) is 4.57. The summed E-state index contributed by atoms with van der Waals surface area (Å²) in [6.07, 6.45) is 0. The Hall–Kier alpha value is -3.97. The molecule has 2 heterocycles. The number of ether oxygens (including phenoxy) is 2. The lowest BCUT2D eigenvalue weighted by molar-refractivity contribution is -0.384. The SMILES string of the molecule is N#C/C(=N/Nc1cccc([N+](=O)[O-])c1)c1nc(-c2ccc3c(c2)OCO3)cs1. The zero-order valence-electron chi connectivity index (χ0n) is 14.2. The molecule has 0 saturated carbocycles. The minimum absolute atomic E-state index is 0.0712. The number of hydrogen-bond donors (Lipinski definition) is 1. The molecular formula is C18H11N5O4S. The van der Waals surface area contributed by atoms with Crippen molar-refractivity contribution in [1.82, 2.24) is 4.98 Å². The van der Waals surface area contributed by atoms with E-state index in [1.165, 1.54) is 29.5 Å². The molecule has 0 spiro atoms. The Bertz CT molecular complexity index is 1130. The zero-order valence-corrected chi connectivity index (χ0v) is 15.0. The van der Waals surface area contributed by atoms with Crippen molar-refractivity contribution >= 4 is 28.4 Å². The van der Waals surface area contributed by atoms with Crippen LogP contribution in [0.2, 0.25) is 0 Å². The number of anilines is 1. The molecule has 9 nitrogen and oxygen atoms in total. The number of benzene rings is 2. The van der Waals surface area contributed by atoms with E-state index in [1.54, 1.807) is 12.1 Å². The van der Waals surface area contributed by atoms with Gasteiger partial charge in [-0.2, -0.15) is 10.4 Å². The first-order chi connectivity index (χ1) is 13.6. The van der Waals surface area contributed by atoms with Crippen LogP contribution in [0.3, 0.4) is 0 Å². The molecule has 0 atom stereocenters. The Morgan fingerprint density at radius 1 is 1.29 bits per heavy atom.